The summed E-state index contributed by atoms with van der Waals surface area (Å²) in [6.45, 7) is 19.7. The van der Waals surface area contributed by atoms with Crippen LogP contribution in [0, 0.1) is 50.7 Å². The highest BCUT2D eigenvalue weighted by atomic mass is 16.6. The summed E-state index contributed by atoms with van der Waals surface area (Å²) in [6, 6.07) is 0.173. The second-order valence-corrected chi connectivity index (χ2v) is 17.5. The van der Waals surface area contributed by atoms with Gasteiger partial charge in [0.2, 0.25) is 0 Å². The summed E-state index contributed by atoms with van der Waals surface area (Å²) in [6.07, 6.45) is 16.0. The molecule has 8 atom stereocenters. The van der Waals surface area contributed by atoms with Gasteiger partial charge in [-0.25, -0.2) is 4.79 Å². The lowest BCUT2D eigenvalue weighted by molar-refractivity contribution is -0.215. The zero-order valence-electron chi connectivity index (χ0n) is 27.6. The first-order valence-electron chi connectivity index (χ1n) is 17.4. The van der Waals surface area contributed by atoms with Crippen molar-refractivity contribution >= 4 is 11.9 Å². The SMILES string of the molecule is CC(C)C1=C2[C@H]3CC[C@@H]4[C@@]5(C)CCC(NC(=O)OC6CCCCC6)C(C)(C)[C@@H]5CC[C@@]4(C)[C@]3(C)CC[C@@]2(C)CC1=O. The van der Waals surface area contributed by atoms with Gasteiger partial charge in [-0.2, -0.15) is 0 Å². The number of ether oxygens (including phenoxy) is 1. The molecule has 5 fully saturated rings. The number of hydrogen-bond acceptors (Lipinski definition) is 3. The van der Waals surface area contributed by atoms with Crippen LogP contribution in [0.25, 0.3) is 0 Å². The molecule has 0 aliphatic heterocycles. The van der Waals surface area contributed by atoms with Gasteiger partial charge in [0.1, 0.15) is 6.10 Å². The second-order valence-electron chi connectivity index (χ2n) is 17.5. The molecule has 0 aromatic rings. The Labute approximate surface area is 250 Å². The summed E-state index contributed by atoms with van der Waals surface area (Å²) >= 11 is 0. The Kier molecular flexibility index (Phi) is 7.14. The number of Topliss-reactive ketones (excluding diaryl/α,β-unsaturated/α-hetero) is 1. The molecule has 0 heterocycles. The largest absolute Gasteiger partial charge is 0.446 e. The van der Waals surface area contributed by atoms with Gasteiger partial charge in [-0.1, -0.05) is 67.4 Å². The van der Waals surface area contributed by atoms with Gasteiger partial charge in [0.15, 0.2) is 5.78 Å². The molecule has 0 bridgehead atoms. The van der Waals surface area contributed by atoms with Gasteiger partial charge >= 0.3 is 6.09 Å². The first kappa shape index (κ1) is 29.7. The van der Waals surface area contributed by atoms with Crippen LogP contribution in [0.1, 0.15) is 145 Å². The number of amides is 1. The van der Waals surface area contributed by atoms with Crippen molar-refractivity contribution in [1.29, 1.82) is 0 Å². The van der Waals surface area contributed by atoms with E-state index in [1.54, 1.807) is 5.57 Å². The minimum absolute atomic E-state index is 0.0357. The Morgan fingerprint density at radius 1 is 0.805 bits per heavy atom. The van der Waals surface area contributed by atoms with Crippen molar-refractivity contribution in [3.8, 4) is 0 Å². The molecule has 6 rings (SSSR count). The molecule has 0 spiro atoms. The Morgan fingerprint density at radius 2 is 1.51 bits per heavy atom. The molecule has 1 unspecified atom stereocenters. The van der Waals surface area contributed by atoms with E-state index in [9.17, 15) is 9.59 Å². The molecule has 0 aromatic heterocycles. The second kappa shape index (κ2) is 9.85. The predicted octanol–water partition coefficient (Wildman–Crippen LogP) is 9.41. The normalized spacial score (nSPS) is 45.9. The highest BCUT2D eigenvalue weighted by Crippen LogP contribution is 2.76. The fourth-order valence-electron chi connectivity index (χ4n) is 12.7. The van der Waals surface area contributed by atoms with Gasteiger partial charge in [-0.15, -0.1) is 0 Å². The third kappa shape index (κ3) is 4.25. The summed E-state index contributed by atoms with van der Waals surface area (Å²) in [5.41, 5.74) is 3.71. The summed E-state index contributed by atoms with van der Waals surface area (Å²) < 4.78 is 5.92. The van der Waals surface area contributed by atoms with Crippen LogP contribution in [0.2, 0.25) is 0 Å². The lowest BCUT2D eigenvalue weighted by Gasteiger charge is -2.72. The molecular weight excluding hydrogens is 506 g/mol. The fourth-order valence-corrected chi connectivity index (χ4v) is 12.7. The Balaban J connectivity index is 1.26. The van der Waals surface area contributed by atoms with Gasteiger partial charge in [0, 0.05) is 12.5 Å². The standard InChI is InChI=1S/C37H59NO3/c1-23(2)30-26(39)22-34(5)20-21-36(7)25(31(30)34)14-15-28-35(6)18-17-29(33(3,4)27(35)16-19-37(28,36)8)38-32(40)41-24-12-10-9-11-13-24/h23-25,27-29H,9-22H2,1-8H3,(H,38,40)/t25-,27+,28-,29?,34+,35+,36-,37-/m1/s1. The number of allylic oxidation sites excluding steroid dienone is 2. The topological polar surface area (TPSA) is 55.4 Å². The molecule has 0 saturated heterocycles. The van der Waals surface area contributed by atoms with Crippen LogP contribution in [0.3, 0.4) is 0 Å². The van der Waals surface area contributed by atoms with Crippen molar-refractivity contribution in [3.05, 3.63) is 11.1 Å². The highest BCUT2D eigenvalue weighted by molar-refractivity contribution is 6.00. The van der Waals surface area contributed by atoms with Crippen molar-refractivity contribution in [3.63, 3.8) is 0 Å². The summed E-state index contributed by atoms with van der Waals surface area (Å²) in [5, 5.41) is 3.39. The monoisotopic (exact) mass is 565 g/mol. The van der Waals surface area contributed by atoms with Crippen LogP contribution < -0.4 is 5.32 Å². The zero-order valence-corrected chi connectivity index (χ0v) is 27.6. The molecule has 4 heteroatoms. The number of rotatable bonds is 3. The van der Waals surface area contributed by atoms with Gasteiger partial charge in [-0.3, -0.25) is 4.79 Å². The average Bonchev–Trinajstić information content (AvgIpc) is 3.17. The van der Waals surface area contributed by atoms with Crippen molar-refractivity contribution in [2.24, 2.45) is 50.7 Å². The Bertz CT molecular complexity index is 1120. The van der Waals surface area contributed by atoms with Crippen molar-refractivity contribution in [1.82, 2.24) is 5.32 Å². The quantitative estimate of drug-likeness (QED) is 0.371. The van der Waals surface area contributed by atoms with Gasteiger partial charge in [0.25, 0.3) is 0 Å². The summed E-state index contributed by atoms with van der Waals surface area (Å²) in [7, 11) is 0. The van der Waals surface area contributed by atoms with Gasteiger partial charge in [-0.05, 0) is 133 Å². The van der Waals surface area contributed by atoms with Crippen LogP contribution in [0.15, 0.2) is 11.1 Å². The van der Waals surface area contributed by atoms with E-state index in [0.717, 1.165) is 25.7 Å². The predicted molar refractivity (Wildman–Crippen MR) is 165 cm³/mol. The molecule has 4 nitrogen and oxygen atoms in total. The van der Waals surface area contributed by atoms with Crippen molar-refractivity contribution < 1.29 is 14.3 Å². The van der Waals surface area contributed by atoms with Crippen LogP contribution in [-0.2, 0) is 9.53 Å². The fraction of sp³-hybridized carbons (Fsp3) is 0.892. The lowest BCUT2D eigenvalue weighted by atomic mass is 9.33. The third-order valence-electron chi connectivity index (χ3n) is 14.9. The Morgan fingerprint density at radius 3 is 2.20 bits per heavy atom. The molecule has 1 amide bonds. The number of nitrogens with one attached hydrogen (secondary N) is 1. The van der Waals surface area contributed by atoms with Crippen LogP contribution in [-0.4, -0.2) is 24.0 Å². The van der Waals surface area contributed by atoms with Gasteiger partial charge < -0.3 is 10.1 Å². The molecule has 0 radical (unpaired) electrons. The molecule has 1 N–H and O–H groups in total. The maximum Gasteiger partial charge on any atom is 0.407 e. The van der Waals surface area contributed by atoms with E-state index >= 15 is 0 Å². The number of carbonyl (C=O) groups is 2. The smallest absolute Gasteiger partial charge is 0.407 e. The number of alkyl carbamates (subject to hydrolysis) is 1. The van der Waals surface area contributed by atoms with E-state index in [4.69, 9.17) is 4.74 Å². The van der Waals surface area contributed by atoms with Crippen molar-refractivity contribution in [2.75, 3.05) is 0 Å². The van der Waals surface area contributed by atoms with Crippen LogP contribution in [0.4, 0.5) is 4.79 Å². The number of ketones is 1. The number of carbonyl (C=O) groups excluding carboxylic acids is 2. The van der Waals surface area contributed by atoms with E-state index in [1.165, 1.54) is 69.8 Å². The third-order valence-corrected chi connectivity index (χ3v) is 14.9. The van der Waals surface area contributed by atoms with Crippen molar-refractivity contribution in [2.45, 2.75) is 157 Å². The molecule has 41 heavy (non-hydrogen) atoms. The summed E-state index contributed by atoms with van der Waals surface area (Å²) in [4.78, 5) is 26.4. The van der Waals surface area contributed by atoms with E-state index < -0.39 is 0 Å². The number of fused-ring (bicyclic) bond motifs is 7. The highest BCUT2D eigenvalue weighted by Gasteiger charge is 2.69. The average molecular weight is 566 g/mol. The van der Waals surface area contributed by atoms with E-state index in [-0.39, 0.29) is 45.3 Å². The van der Waals surface area contributed by atoms with Gasteiger partial charge in [0.05, 0.1) is 0 Å². The minimum atomic E-state index is -0.183. The molecular formula is C37H59NO3. The summed E-state index contributed by atoms with van der Waals surface area (Å²) in [5.74, 6) is 2.60. The maximum absolute atomic E-state index is 13.4. The first-order valence-corrected chi connectivity index (χ1v) is 17.4. The molecule has 0 aromatic carbocycles. The number of hydrogen-bond donors (Lipinski definition) is 1. The first-order chi connectivity index (χ1) is 19.2. The lowest BCUT2D eigenvalue weighted by Crippen LogP contribution is -2.66. The molecule has 230 valence electrons. The van der Waals surface area contributed by atoms with Crippen LogP contribution in [0.5, 0.6) is 0 Å². The molecule has 6 aliphatic rings. The molecule has 5 saturated carbocycles. The van der Waals surface area contributed by atoms with E-state index in [0.29, 0.717) is 29.5 Å². The molecule has 6 aliphatic carbocycles. The zero-order chi connectivity index (χ0) is 29.6. The maximum atomic E-state index is 13.4. The van der Waals surface area contributed by atoms with Crippen LogP contribution >= 0.6 is 0 Å². The van der Waals surface area contributed by atoms with E-state index in [1.807, 2.05) is 0 Å². The minimum Gasteiger partial charge on any atom is -0.446 e. The van der Waals surface area contributed by atoms with E-state index in [2.05, 4.69) is 60.7 Å². The Hall–Kier alpha value is -1.32.